The molecule has 1 N–H and O–H groups in total. The highest BCUT2D eigenvalue weighted by atomic mass is 32.2. The van der Waals surface area contributed by atoms with Crippen LogP contribution in [0.15, 0.2) is 57.8 Å². The third kappa shape index (κ3) is 4.27. The number of benzene rings is 2. The van der Waals surface area contributed by atoms with Gasteiger partial charge < -0.3 is 9.15 Å². The van der Waals surface area contributed by atoms with Crippen molar-refractivity contribution in [3.8, 4) is 17.2 Å². The van der Waals surface area contributed by atoms with E-state index in [0.717, 1.165) is 6.07 Å². The van der Waals surface area contributed by atoms with Crippen LogP contribution < -0.4 is 9.46 Å². The molecule has 3 rings (SSSR count). The molecule has 0 aliphatic heterocycles. The summed E-state index contributed by atoms with van der Waals surface area (Å²) in [5.41, 5.74) is 0.327. The maximum atomic E-state index is 12.3. The summed E-state index contributed by atoms with van der Waals surface area (Å²) in [5, 5.41) is 18.5. The zero-order chi connectivity index (χ0) is 19.4. The predicted molar refractivity (Wildman–Crippen MR) is 93.4 cm³/mol. The van der Waals surface area contributed by atoms with Gasteiger partial charge >= 0.3 is 0 Å². The molecule has 0 bridgehead atoms. The largest absolute Gasteiger partial charge is 0.497 e. The Labute approximate surface area is 154 Å². The summed E-state index contributed by atoms with van der Waals surface area (Å²) >= 11 is 0. The first-order valence-corrected chi connectivity index (χ1v) is 9.08. The molecule has 0 radical (unpaired) electrons. The van der Waals surface area contributed by atoms with Crippen LogP contribution in [0.5, 0.6) is 5.75 Å². The number of methoxy groups -OCH3 is 1. The van der Waals surface area contributed by atoms with Crippen molar-refractivity contribution in [2.45, 2.75) is 11.4 Å². The molecule has 1 heterocycles. The average molecular weight is 390 g/mol. The molecule has 0 atom stereocenters. The molecular weight excluding hydrogens is 376 g/mol. The molecule has 27 heavy (non-hydrogen) atoms. The molecule has 140 valence electrons. The van der Waals surface area contributed by atoms with Gasteiger partial charge in [0.2, 0.25) is 21.8 Å². The summed E-state index contributed by atoms with van der Waals surface area (Å²) in [7, 11) is -2.43. The van der Waals surface area contributed by atoms with E-state index in [2.05, 4.69) is 14.9 Å². The van der Waals surface area contributed by atoms with Crippen molar-refractivity contribution in [3.05, 3.63) is 64.5 Å². The van der Waals surface area contributed by atoms with Crippen LogP contribution in [0.4, 0.5) is 5.69 Å². The number of aromatic nitrogens is 2. The SMILES string of the molecule is COc1ccc(-c2nnc(CNS(=O)(=O)c3cccc([N+](=O)[O-])c3)o2)cc1. The van der Waals surface area contributed by atoms with Crippen LogP contribution in [-0.4, -0.2) is 30.6 Å². The average Bonchev–Trinajstić information content (AvgIpc) is 3.16. The molecule has 0 saturated carbocycles. The minimum absolute atomic E-state index is 0.0508. The van der Waals surface area contributed by atoms with E-state index >= 15 is 0 Å². The third-order valence-corrected chi connectivity index (χ3v) is 4.95. The minimum atomic E-state index is -3.98. The highest BCUT2D eigenvalue weighted by Gasteiger charge is 2.19. The van der Waals surface area contributed by atoms with Crippen molar-refractivity contribution < 1.29 is 22.5 Å². The van der Waals surface area contributed by atoms with Crippen LogP contribution in [0.2, 0.25) is 0 Å². The summed E-state index contributed by atoms with van der Waals surface area (Å²) in [6.45, 7) is -0.256. The zero-order valence-electron chi connectivity index (χ0n) is 14.0. The Kier molecular flexibility index (Phi) is 5.14. The molecule has 0 saturated heterocycles. The van der Waals surface area contributed by atoms with E-state index < -0.39 is 14.9 Å². The number of hydrogen-bond donors (Lipinski definition) is 1. The summed E-state index contributed by atoms with van der Waals surface area (Å²) < 4.78 is 37.4. The second-order valence-electron chi connectivity index (χ2n) is 5.31. The molecule has 1 aromatic heterocycles. The Morgan fingerprint density at radius 3 is 2.59 bits per heavy atom. The van der Waals surface area contributed by atoms with E-state index in [-0.39, 0.29) is 28.9 Å². The van der Waals surface area contributed by atoms with E-state index in [4.69, 9.17) is 9.15 Å². The fraction of sp³-hybridized carbons (Fsp3) is 0.125. The Bertz CT molecular complexity index is 1060. The highest BCUT2D eigenvalue weighted by Crippen LogP contribution is 2.21. The lowest BCUT2D eigenvalue weighted by atomic mass is 10.2. The van der Waals surface area contributed by atoms with Crippen LogP contribution in [0.1, 0.15) is 5.89 Å². The molecular formula is C16H14N4O6S. The van der Waals surface area contributed by atoms with E-state index in [1.165, 1.54) is 18.2 Å². The van der Waals surface area contributed by atoms with Gasteiger partial charge in [-0.25, -0.2) is 13.1 Å². The van der Waals surface area contributed by atoms with Gasteiger partial charge in [0.15, 0.2) is 0 Å². The molecule has 0 aliphatic carbocycles. The zero-order valence-corrected chi connectivity index (χ0v) is 14.8. The first-order valence-electron chi connectivity index (χ1n) is 7.60. The minimum Gasteiger partial charge on any atom is -0.497 e. The van der Waals surface area contributed by atoms with Gasteiger partial charge in [-0.05, 0) is 30.3 Å². The molecule has 0 fully saturated rings. The summed E-state index contributed by atoms with van der Waals surface area (Å²) in [5.74, 6) is 0.945. The smallest absolute Gasteiger partial charge is 0.270 e. The number of sulfonamides is 1. The topological polar surface area (TPSA) is 137 Å². The standard InChI is InChI=1S/C16H14N4O6S/c1-25-13-7-5-11(6-8-13)16-19-18-15(26-16)10-17-27(23,24)14-4-2-3-12(9-14)20(21)22/h2-9,17H,10H2,1H3. The number of nitro groups is 1. The van der Waals surface area contributed by atoms with Crippen molar-refractivity contribution in [2.75, 3.05) is 7.11 Å². The quantitative estimate of drug-likeness (QED) is 0.478. The highest BCUT2D eigenvalue weighted by molar-refractivity contribution is 7.89. The molecule has 10 nitrogen and oxygen atoms in total. The Morgan fingerprint density at radius 2 is 1.93 bits per heavy atom. The molecule has 0 unspecified atom stereocenters. The van der Waals surface area contributed by atoms with Crippen molar-refractivity contribution in [3.63, 3.8) is 0 Å². The lowest BCUT2D eigenvalue weighted by Crippen LogP contribution is -2.23. The number of ether oxygens (including phenoxy) is 1. The number of nitrogens with zero attached hydrogens (tertiary/aromatic N) is 3. The Hall–Kier alpha value is -3.31. The predicted octanol–water partition coefficient (Wildman–Crippen LogP) is 2.13. The second kappa shape index (κ2) is 7.51. The van der Waals surface area contributed by atoms with Crippen LogP contribution in [0, 0.1) is 10.1 Å². The van der Waals surface area contributed by atoms with Crippen molar-refractivity contribution in [2.24, 2.45) is 0 Å². The van der Waals surface area contributed by atoms with Gasteiger partial charge in [-0.2, -0.15) is 0 Å². The van der Waals surface area contributed by atoms with Gasteiger partial charge in [0.1, 0.15) is 5.75 Å². The van der Waals surface area contributed by atoms with Gasteiger partial charge in [-0.15, -0.1) is 10.2 Å². The fourth-order valence-corrected chi connectivity index (χ4v) is 3.19. The van der Waals surface area contributed by atoms with Gasteiger partial charge in [0, 0.05) is 17.7 Å². The summed E-state index contributed by atoms with van der Waals surface area (Å²) in [6, 6.07) is 11.6. The molecule has 2 aromatic carbocycles. The summed E-state index contributed by atoms with van der Waals surface area (Å²) in [6.07, 6.45) is 0. The van der Waals surface area contributed by atoms with Gasteiger partial charge in [0.05, 0.1) is 23.5 Å². The maximum absolute atomic E-state index is 12.3. The molecule has 3 aromatic rings. The normalized spacial score (nSPS) is 11.3. The molecule has 0 aliphatic rings. The Balaban J connectivity index is 1.72. The first-order chi connectivity index (χ1) is 12.9. The number of hydrogen-bond acceptors (Lipinski definition) is 8. The van der Waals surface area contributed by atoms with E-state index in [1.54, 1.807) is 31.4 Å². The van der Waals surface area contributed by atoms with Gasteiger partial charge in [-0.1, -0.05) is 6.07 Å². The molecule has 11 heteroatoms. The molecule has 0 spiro atoms. The van der Waals surface area contributed by atoms with Gasteiger partial charge in [0.25, 0.3) is 5.69 Å². The van der Waals surface area contributed by atoms with Crippen molar-refractivity contribution in [1.29, 1.82) is 0 Å². The van der Waals surface area contributed by atoms with Crippen molar-refractivity contribution in [1.82, 2.24) is 14.9 Å². The Morgan fingerprint density at radius 1 is 1.19 bits per heavy atom. The number of non-ortho nitro benzene ring substituents is 1. The van der Waals surface area contributed by atoms with Crippen LogP contribution in [0.25, 0.3) is 11.5 Å². The lowest BCUT2D eigenvalue weighted by Gasteiger charge is -2.04. The summed E-state index contributed by atoms with van der Waals surface area (Å²) in [4.78, 5) is 9.89. The number of nitrogens with one attached hydrogen (secondary N) is 1. The maximum Gasteiger partial charge on any atom is 0.270 e. The fourth-order valence-electron chi connectivity index (χ4n) is 2.18. The van der Waals surface area contributed by atoms with E-state index in [1.807, 2.05) is 0 Å². The van der Waals surface area contributed by atoms with Crippen molar-refractivity contribution >= 4 is 15.7 Å². The van der Waals surface area contributed by atoms with E-state index in [0.29, 0.717) is 11.3 Å². The van der Waals surface area contributed by atoms with Gasteiger partial charge in [-0.3, -0.25) is 10.1 Å². The molecule has 0 amide bonds. The van der Waals surface area contributed by atoms with Crippen LogP contribution >= 0.6 is 0 Å². The second-order valence-corrected chi connectivity index (χ2v) is 7.08. The number of rotatable bonds is 7. The lowest BCUT2D eigenvalue weighted by molar-refractivity contribution is -0.385. The first kappa shape index (κ1) is 18.5. The monoisotopic (exact) mass is 390 g/mol. The van der Waals surface area contributed by atoms with Crippen LogP contribution in [-0.2, 0) is 16.6 Å². The number of nitro benzene ring substituents is 1. The van der Waals surface area contributed by atoms with E-state index in [9.17, 15) is 18.5 Å². The third-order valence-electron chi connectivity index (χ3n) is 3.56. The van der Waals surface area contributed by atoms with Crippen LogP contribution in [0.3, 0.4) is 0 Å².